The van der Waals surface area contributed by atoms with Crippen molar-refractivity contribution in [2.24, 2.45) is 5.92 Å². The number of piperidine rings is 1. The smallest absolute Gasteiger partial charge is 0.179 e. The third kappa shape index (κ3) is 3.85. The third-order valence-electron chi connectivity index (χ3n) is 4.00. The lowest BCUT2D eigenvalue weighted by Crippen LogP contribution is -2.37. The summed E-state index contributed by atoms with van der Waals surface area (Å²) < 4.78 is 26.6. The van der Waals surface area contributed by atoms with Crippen LogP contribution in [0.4, 0.5) is 8.78 Å². The molecule has 1 heterocycles. The van der Waals surface area contributed by atoms with E-state index in [1.54, 1.807) is 0 Å². The summed E-state index contributed by atoms with van der Waals surface area (Å²) in [6.07, 6.45) is 4.61. The Balaban J connectivity index is 1.91. The number of rotatable bonds is 5. The van der Waals surface area contributed by atoms with E-state index in [9.17, 15) is 13.6 Å². The number of likely N-dealkylation sites (tertiary alicyclic amines) is 1. The molecular formula is C16H21F2NO. The van der Waals surface area contributed by atoms with Crippen LogP contribution in [0.25, 0.3) is 0 Å². The van der Waals surface area contributed by atoms with Crippen molar-refractivity contribution in [1.82, 2.24) is 4.90 Å². The Morgan fingerprint density at radius 3 is 2.65 bits per heavy atom. The Bertz CT molecular complexity index is 468. The summed E-state index contributed by atoms with van der Waals surface area (Å²) >= 11 is 0. The predicted octanol–water partition coefficient (Wildman–Crippen LogP) is 3.66. The molecule has 0 bridgehead atoms. The molecule has 0 aromatic heterocycles. The van der Waals surface area contributed by atoms with Crippen LogP contribution < -0.4 is 0 Å². The average Bonchev–Trinajstić information content (AvgIpc) is 2.44. The first-order valence-electron chi connectivity index (χ1n) is 7.30. The molecule has 20 heavy (non-hydrogen) atoms. The van der Waals surface area contributed by atoms with E-state index in [0.717, 1.165) is 50.0 Å². The lowest BCUT2D eigenvalue weighted by molar-refractivity contribution is 0.0888. The van der Waals surface area contributed by atoms with Gasteiger partial charge in [-0.3, -0.25) is 9.69 Å². The van der Waals surface area contributed by atoms with Crippen molar-refractivity contribution in [1.29, 1.82) is 0 Å². The lowest BCUT2D eigenvalue weighted by atomic mass is 9.92. The van der Waals surface area contributed by atoms with Crippen LogP contribution in [0.2, 0.25) is 0 Å². The summed E-state index contributed by atoms with van der Waals surface area (Å²) in [5.74, 6) is -0.804. The summed E-state index contributed by atoms with van der Waals surface area (Å²) in [6, 6.07) is 3.03. The second-order valence-electron chi connectivity index (χ2n) is 5.56. The van der Waals surface area contributed by atoms with E-state index in [1.807, 2.05) is 4.90 Å². The van der Waals surface area contributed by atoms with Crippen LogP contribution in [0.3, 0.4) is 0 Å². The molecule has 1 fully saturated rings. The Kier molecular flexibility index (Phi) is 5.24. The minimum atomic E-state index is -0.641. The van der Waals surface area contributed by atoms with Crippen molar-refractivity contribution >= 4 is 5.78 Å². The quantitative estimate of drug-likeness (QED) is 0.768. The molecular weight excluding hydrogens is 260 g/mol. The summed E-state index contributed by atoms with van der Waals surface area (Å²) in [6.45, 7) is 4.10. The SMILES string of the molecule is CCCC1CCN(CC(=O)c2cc(F)ccc2F)CC1. The molecule has 1 saturated heterocycles. The number of ketones is 1. The van der Waals surface area contributed by atoms with E-state index in [1.165, 1.54) is 12.8 Å². The number of Topliss-reactive ketones (excluding diaryl/α,β-unsaturated/α-hetero) is 1. The number of carbonyl (C=O) groups is 1. The highest BCUT2D eigenvalue weighted by Crippen LogP contribution is 2.22. The van der Waals surface area contributed by atoms with Gasteiger partial charge < -0.3 is 0 Å². The van der Waals surface area contributed by atoms with Gasteiger partial charge in [-0.15, -0.1) is 0 Å². The topological polar surface area (TPSA) is 20.3 Å². The van der Waals surface area contributed by atoms with Crippen LogP contribution in [0, 0.1) is 17.6 Å². The van der Waals surface area contributed by atoms with Crippen molar-refractivity contribution in [3.05, 3.63) is 35.4 Å². The Morgan fingerprint density at radius 2 is 2.00 bits per heavy atom. The number of halogens is 2. The highest BCUT2D eigenvalue weighted by Gasteiger charge is 2.22. The van der Waals surface area contributed by atoms with Crippen LogP contribution in [-0.2, 0) is 0 Å². The standard InChI is InChI=1S/C16H21F2NO/c1-2-3-12-6-8-19(9-7-12)11-16(20)14-10-13(17)4-5-15(14)18/h4-5,10,12H,2-3,6-9,11H2,1H3. The maximum atomic E-state index is 13.5. The van der Waals surface area contributed by atoms with Crippen LogP contribution >= 0.6 is 0 Å². The maximum Gasteiger partial charge on any atom is 0.179 e. The largest absolute Gasteiger partial charge is 0.296 e. The van der Waals surface area contributed by atoms with Gasteiger partial charge in [0, 0.05) is 0 Å². The van der Waals surface area contributed by atoms with Gasteiger partial charge in [-0.05, 0) is 50.0 Å². The van der Waals surface area contributed by atoms with Crippen molar-refractivity contribution in [3.8, 4) is 0 Å². The van der Waals surface area contributed by atoms with Gasteiger partial charge in [0.25, 0.3) is 0 Å². The van der Waals surface area contributed by atoms with Gasteiger partial charge in [-0.25, -0.2) is 8.78 Å². The van der Waals surface area contributed by atoms with E-state index < -0.39 is 11.6 Å². The molecule has 0 atom stereocenters. The fourth-order valence-corrected chi connectivity index (χ4v) is 2.84. The number of hydrogen-bond donors (Lipinski definition) is 0. The molecule has 1 aliphatic heterocycles. The molecule has 2 rings (SSSR count). The molecule has 1 aliphatic rings. The average molecular weight is 281 g/mol. The first-order valence-corrected chi connectivity index (χ1v) is 7.30. The van der Waals surface area contributed by atoms with E-state index in [4.69, 9.17) is 0 Å². The molecule has 0 aliphatic carbocycles. The Labute approximate surface area is 118 Å². The van der Waals surface area contributed by atoms with Gasteiger partial charge >= 0.3 is 0 Å². The fraction of sp³-hybridized carbons (Fsp3) is 0.562. The van der Waals surface area contributed by atoms with E-state index >= 15 is 0 Å². The van der Waals surface area contributed by atoms with Crippen molar-refractivity contribution < 1.29 is 13.6 Å². The molecule has 0 unspecified atom stereocenters. The Hall–Kier alpha value is -1.29. The molecule has 1 aromatic carbocycles. The zero-order valence-electron chi connectivity index (χ0n) is 11.9. The van der Waals surface area contributed by atoms with Crippen molar-refractivity contribution in [2.75, 3.05) is 19.6 Å². The first-order chi connectivity index (χ1) is 9.60. The van der Waals surface area contributed by atoms with Crippen LogP contribution in [0.5, 0.6) is 0 Å². The number of nitrogens with zero attached hydrogens (tertiary/aromatic N) is 1. The minimum Gasteiger partial charge on any atom is -0.296 e. The molecule has 0 amide bonds. The summed E-state index contributed by atoms with van der Waals surface area (Å²) in [7, 11) is 0. The van der Waals surface area contributed by atoms with Crippen LogP contribution in [-0.4, -0.2) is 30.3 Å². The van der Waals surface area contributed by atoms with E-state index in [0.29, 0.717) is 0 Å². The second kappa shape index (κ2) is 6.93. The van der Waals surface area contributed by atoms with Gasteiger partial charge in [0.2, 0.25) is 0 Å². The van der Waals surface area contributed by atoms with Gasteiger partial charge in [0.15, 0.2) is 5.78 Å². The van der Waals surface area contributed by atoms with Gasteiger partial charge in [0.1, 0.15) is 11.6 Å². The predicted molar refractivity (Wildman–Crippen MR) is 74.8 cm³/mol. The van der Waals surface area contributed by atoms with Crippen molar-refractivity contribution in [3.63, 3.8) is 0 Å². The van der Waals surface area contributed by atoms with Crippen LogP contribution in [0.1, 0.15) is 43.0 Å². The molecule has 4 heteroatoms. The second-order valence-corrected chi connectivity index (χ2v) is 5.56. The number of carbonyl (C=O) groups excluding carboxylic acids is 1. The zero-order chi connectivity index (χ0) is 14.5. The van der Waals surface area contributed by atoms with E-state index in [2.05, 4.69) is 6.92 Å². The van der Waals surface area contributed by atoms with Gasteiger partial charge in [-0.1, -0.05) is 19.8 Å². The third-order valence-corrected chi connectivity index (χ3v) is 4.00. The van der Waals surface area contributed by atoms with Crippen molar-refractivity contribution in [2.45, 2.75) is 32.6 Å². The summed E-state index contributed by atoms with van der Waals surface area (Å²) in [4.78, 5) is 14.1. The molecule has 0 saturated carbocycles. The molecule has 0 N–H and O–H groups in total. The maximum absolute atomic E-state index is 13.5. The molecule has 110 valence electrons. The normalized spacial score (nSPS) is 17.4. The minimum absolute atomic E-state index is 0.138. The number of hydrogen-bond acceptors (Lipinski definition) is 2. The molecule has 1 aromatic rings. The zero-order valence-corrected chi connectivity index (χ0v) is 11.9. The lowest BCUT2D eigenvalue weighted by Gasteiger charge is -2.31. The summed E-state index contributed by atoms with van der Waals surface area (Å²) in [5, 5.41) is 0. The fourth-order valence-electron chi connectivity index (χ4n) is 2.84. The van der Waals surface area contributed by atoms with Crippen LogP contribution in [0.15, 0.2) is 18.2 Å². The molecule has 0 spiro atoms. The first kappa shape index (κ1) is 15.1. The van der Waals surface area contributed by atoms with E-state index in [-0.39, 0.29) is 17.9 Å². The highest BCUT2D eigenvalue weighted by atomic mass is 19.1. The summed E-state index contributed by atoms with van der Waals surface area (Å²) in [5.41, 5.74) is -0.138. The molecule has 2 nitrogen and oxygen atoms in total. The monoisotopic (exact) mass is 281 g/mol. The molecule has 0 radical (unpaired) electrons. The van der Waals surface area contributed by atoms with Gasteiger partial charge in [0.05, 0.1) is 12.1 Å². The highest BCUT2D eigenvalue weighted by molar-refractivity contribution is 5.97. The van der Waals surface area contributed by atoms with Gasteiger partial charge in [-0.2, -0.15) is 0 Å². The number of benzene rings is 1. The Morgan fingerprint density at radius 1 is 1.30 bits per heavy atom.